The minimum atomic E-state index is -4.25. The number of alkyl halides is 3. The standard InChI is InChI=1S/C12H15F3N2OS2/c1-7-3-4-9(20-7)10-16-8(2)11(18)17(10)5-6-19-12(13,14)15/h3-4,8,10,16H,5-6H2,1-2H3. The van der Waals surface area contributed by atoms with Crippen molar-refractivity contribution in [3.63, 3.8) is 0 Å². The molecule has 1 aromatic heterocycles. The molecule has 0 bridgehead atoms. The fourth-order valence-electron chi connectivity index (χ4n) is 2.11. The first-order chi connectivity index (χ1) is 9.28. The van der Waals surface area contributed by atoms with E-state index >= 15 is 0 Å². The third kappa shape index (κ3) is 3.67. The van der Waals surface area contributed by atoms with Crippen molar-refractivity contribution in [2.24, 2.45) is 0 Å². The molecule has 2 atom stereocenters. The molecule has 0 saturated carbocycles. The Bertz CT molecular complexity index is 489. The number of hydrogen-bond acceptors (Lipinski definition) is 4. The van der Waals surface area contributed by atoms with Gasteiger partial charge in [0.05, 0.1) is 6.04 Å². The molecule has 2 unspecified atom stereocenters. The van der Waals surface area contributed by atoms with E-state index in [-0.39, 0.29) is 42.2 Å². The van der Waals surface area contributed by atoms with Gasteiger partial charge in [-0.3, -0.25) is 10.1 Å². The molecule has 2 rings (SSSR count). The maximum Gasteiger partial charge on any atom is 0.441 e. The Hall–Kier alpha value is -0.730. The Morgan fingerprint density at radius 3 is 2.70 bits per heavy atom. The van der Waals surface area contributed by atoms with Crippen LogP contribution in [0.25, 0.3) is 0 Å². The number of rotatable bonds is 4. The lowest BCUT2D eigenvalue weighted by Crippen LogP contribution is -2.32. The van der Waals surface area contributed by atoms with E-state index in [4.69, 9.17) is 0 Å². The lowest BCUT2D eigenvalue weighted by Gasteiger charge is -2.23. The van der Waals surface area contributed by atoms with Gasteiger partial charge in [0.15, 0.2) is 0 Å². The second-order valence-electron chi connectivity index (χ2n) is 4.57. The molecule has 0 aromatic carbocycles. The summed E-state index contributed by atoms with van der Waals surface area (Å²) < 4.78 is 36.5. The monoisotopic (exact) mass is 324 g/mol. The molecule has 112 valence electrons. The second kappa shape index (κ2) is 5.95. The van der Waals surface area contributed by atoms with Crippen LogP contribution in [-0.4, -0.2) is 34.7 Å². The molecule has 0 aliphatic carbocycles. The van der Waals surface area contributed by atoms with E-state index in [1.54, 1.807) is 18.3 Å². The SMILES string of the molecule is Cc1ccc(C2NC(C)C(=O)N2CCSC(F)(F)F)s1. The van der Waals surface area contributed by atoms with Crippen molar-refractivity contribution >= 4 is 29.0 Å². The summed E-state index contributed by atoms with van der Waals surface area (Å²) in [6.45, 7) is 3.77. The van der Waals surface area contributed by atoms with Crippen molar-refractivity contribution in [3.05, 3.63) is 21.9 Å². The molecule has 8 heteroatoms. The van der Waals surface area contributed by atoms with Crippen LogP contribution in [-0.2, 0) is 4.79 Å². The van der Waals surface area contributed by atoms with E-state index in [2.05, 4.69) is 5.32 Å². The van der Waals surface area contributed by atoms with E-state index < -0.39 is 5.51 Å². The smallest absolute Gasteiger partial charge is 0.320 e. The summed E-state index contributed by atoms with van der Waals surface area (Å²) in [7, 11) is 0. The van der Waals surface area contributed by atoms with Crippen LogP contribution in [0.4, 0.5) is 13.2 Å². The van der Waals surface area contributed by atoms with E-state index in [0.717, 1.165) is 9.75 Å². The zero-order valence-electron chi connectivity index (χ0n) is 11.0. The number of hydrogen-bond donors (Lipinski definition) is 1. The van der Waals surface area contributed by atoms with Crippen molar-refractivity contribution < 1.29 is 18.0 Å². The van der Waals surface area contributed by atoms with E-state index in [1.165, 1.54) is 4.90 Å². The Kier molecular flexibility index (Phi) is 4.66. The van der Waals surface area contributed by atoms with Crippen LogP contribution in [0.2, 0.25) is 0 Å². The highest BCUT2D eigenvalue weighted by molar-refractivity contribution is 8.00. The first-order valence-corrected chi connectivity index (χ1v) is 7.91. The van der Waals surface area contributed by atoms with Gasteiger partial charge in [0, 0.05) is 22.1 Å². The van der Waals surface area contributed by atoms with Crippen LogP contribution in [0.3, 0.4) is 0 Å². The summed E-state index contributed by atoms with van der Waals surface area (Å²) >= 11 is 1.45. The molecule has 1 fully saturated rings. The zero-order chi connectivity index (χ0) is 14.9. The van der Waals surface area contributed by atoms with Crippen molar-refractivity contribution in [1.82, 2.24) is 10.2 Å². The molecule has 1 amide bonds. The molecule has 0 radical (unpaired) electrons. The largest absolute Gasteiger partial charge is 0.441 e. The highest BCUT2D eigenvalue weighted by atomic mass is 32.2. The van der Waals surface area contributed by atoms with Crippen molar-refractivity contribution in [2.45, 2.75) is 31.6 Å². The number of halogens is 3. The van der Waals surface area contributed by atoms with Gasteiger partial charge in [0.2, 0.25) is 5.91 Å². The molecule has 1 aliphatic rings. The summed E-state index contributed by atoms with van der Waals surface area (Å²) in [5, 5.41) is 3.13. The third-order valence-corrected chi connectivity index (χ3v) is 4.77. The number of nitrogens with zero attached hydrogens (tertiary/aromatic N) is 1. The number of thiophene rings is 1. The second-order valence-corrected chi connectivity index (χ2v) is 7.04. The van der Waals surface area contributed by atoms with Gasteiger partial charge in [-0.05, 0) is 37.7 Å². The van der Waals surface area contributed by atoms with Crippen molar-refractivity contribution in [2.75, 3.05) is 12.3 Å². The number of nitrogens with one attached hydrogen (secondary N) is 1. The van der Waals surface area contributed by atoms with Crippen LogP contribution in [0.15, 0.2) is 12.1 Å². The van der Waals surface area contributed by atoms with Gasteiger partial charge in [0.1, 0.15) is 6.17 Å². The van der Waals surface area contributed by atoms with Gasteiger partial charge in [-0.15, -0.1) is 11.3 Å². The van der Waals surface area contributed by atoms with Gasteiger partial charge in [-0.25, -0.2) is 0 Å². The molecule has 3 nitrogen and oxygen atoms in total. The number of thioether (sulfide) groups is 1. The van der Waals surface area contributed by atoms with Crippen LogP contribution in [0, 0.1) is 6.92 Å². The van der Waals surface area contributed by atoms with Gasteiger partial charge in [-0.1, -0.05) is 0 Å². The maximum absolute atomic E-state index is 12.2. The number of carbonyl (C=O) groups excluding carboxylic acids is 1. The van der Waals surface area contributed by atoms with E-state index in [0.29, 0.717) is 0 Å². The van der Waals surface area contributed by atoms with Crippen LogP contribution in [0.1, 0.15) is 22.8 Å². The predicted octanol–water partition coefficient (Wildman–Crippen LogP) is 3.13. The summed E-state index contributed by atoms with van der Waals surface area (Å²) in [4.78, 5) is 15.6. The molecule has 1 aromatic rings. The van der Waals surface area contributed by atoms with Gasteiger partial charge >= 0.3 is 5.51 Å². The highest BCUT2D eigenvalue weighted by Gasteiger charge is 2.38. The molecular formula is C12H15F3N2OS2. The molecule has 1 saturated heterocycles. The lowest BCUT2D eigenvalue weighted by molar-refractivity contribution is -0.129. The number of carbonyl (C=O) groups is 1. The minimum absolute atomic E-state index is 0.0853. The summed E-state index contributed by atoms with van der Waals surface area (Å²) in [5.41, 5.74) is -4.25. The van der Waals surface area contributed by atoms with Gasteiger partial charge in [-0.2, -0.15) is 13.2 Å². The topological polar surface area (TPSA) is 32.3 Å². The minimum Gasteiger partial charge on any atom is -0.320 e. The van der Waals surface area contributed by atoms with Gasteiger partial charge in [0.25, 0.3) is 0 Å². The van der Waals surface area contributed by atoms with Crippen LogP contribution < -0.4 is 5.32 Å². The Balaban J connectivity index is 2.05. The average Bonchev–Trinajstić information content (AvgIpc) is 2.86. The normalized spacial score (nSPS) is 23.6. The number of amides is 1. The highest BCUT2D eigenvalue weighted by Crippen LogP contribution is 2.33. The van der Waals surface area contributed by atoms with E-state index in [9.17, 15) is 18.0 Å². The Labute approximate surface area is 123 Å². The van der Waals surface area contributed by atoms with Crippen molar-refractivity contribution in [1.29, 1.82) is 0 Å². The number of aryl methyl sites for hydroxylation is 1. The Morgan fingerprint density at radius 2 is 2.15 bits per heavy atom. The molecule has 0 spiro atoms. The molecule has 1 aliphatic heterocycles. The third-order valence-electron chi connectivity index (χ3n) is 3.00. The lowest BCUT2D eigenvalue weighted by atomic mass is 10.3. The molecular weight excluding hydrogens is 309 g/mol. The van der Waals surface area contributed by atoms with Crippen LogP contribution in [0.5, 0.6) is 0 Å². The molecule has 2 heterocycles. The van der Waals surface area contributed by atoms with Crippen molar-refractivity contribution in [3.8, 4) is 0 Å². The molecule has 1 N–H and O–H groups in total. The maximum atomic E-state index is 12.2. The summed E-state index contributed by atoms with van der Waals surface area (Å²) in [6.07, 6.45) is -0.315. The predicted molar refractivity (Wildman–Crippen MR) is 74.6 cm³/mol. The first kappa shape index (κ1) is 15.7. The fraction of sp³-hybridized carbons (Fsp3) is 0.583. The first-order valence-electron chi connectivity index (χ1n) is 6.11. The fourth-order valence-corrected chi connectivity index (χ4v) is 3.58. The zero-order valence-corrected chi connectivity index (χ0v) is 12.7. The summed E-state index contributed by atoms with van der Waals surface area (Å²) in [6, 6.07) is 3.49. The quantitative estimate of drug-likeness (QED) is 0.923. The van der Waals surface area contributed by atoms with Gasteiger partial charge < -0.3 is 4.90 Å². The van der Waals surface area contributed by atoms with Crippen LogP contribution >= 0.6 is 23.1 Å². The molecule has 20 heavy (non-hydrogen) atoms. The summed E-state index contributed by atoms with van der Waals surface area (Å²) in [5.74, 6) is -0.298. The van der Waals surface area contributed by atoms with E-state index in [1.807, 2.05) is 19.1 Å². The average molecular weight is 324 g/mol. The Morgan fingerprint density at radius 1 is 1.45 bits per heavy atom.